The fraction of sp³-hybridized carbons (Fsp3) is 0.586. The molecule has 1 aromatic carbocycles. The zero-order valence-electron chi connectivity index (χ0n) is 21.2. The molecule has 3 aliphatic heterocycles. The molecule has 2 aliphatic carbocycles. The number of nitrogens with zero attached hydrogens (tertiary/aromatic N) is 2. The zero-order chi connectivity index (χ0) is 25.7. The topological polar surface area (TPSA) is 86.8 Å². The number of hydrogen-bond donors (Lipinski definition) is 1. The van der Waals surface area contributed by atoms with E-state index >= 15 is 4.39 Å². The molecule has 1 aromatic rings. The monoisotopic (exact) mass is 507 g/mol. The van der Waals surface area contributed by atoms with Crippen LogP contribution in [0.5, 0.6) is 0 Å². The van der Waals surface area contributed by atoms with Gasteiger partial charge in [0.2, 0.25) is 11.8 Å². The fourth-order valence-corrected chi connectivity index (χ4v) is 7.21. The van der Waals surface area contributed by atoms with Crippen LogP contribution in [0.2, 0.25) is 0 Å². The largest absolute Gasteiger partial charge is 0.302 e. The molecule has 196 valence electrons. The molecule has 1 saturated carbocycles. The van der Waals surface area contributed by atoms with Crippen LogP contribution in [0, 0.1) is 17.2 Å². The van der Waals surface area contributed by atoms with Gasteiger partial charge in [0, 0.05) is 25.1 Å². The van der Waals surface area contributed by atoms with Crippen molar-refractivity contribution in [2.75, 3.05) is 19.6 Å². The SMILES string of the molecule is O=C1CCC(N2C(=O)c3cc(F)c(C4=CCC5(CC4)CCN(CC4CCCCC4)C5)cc3C2=O)C(=O)N1. The molecule has 37 heavy (non-hydrogen) atoms. The maximum absolute atomic E-state index is 15.3. The van der Waals surface area contributed by atoms with Crippen LogP contribution in [0.1, 0.15) is 96.9 Å². The molecular weight excluding hydrogens is 473 g/mol. The van der Waals surface area contributed by atoms with Crippen LogP contribution in [0.3, 0.4) is 0 Å². The lowest BCUT2D eigenvalue weighted by atomic mass is 9.73. The summed E-state index contributed by atoms with van der Waals surface area (Å²) in [6.07, 6.45) is 12.9. The average Bonchev–Trinajstić information content (AvgIpc) is 3.38. The maximum atomic E-state index is 15.3. The van der Waals surface area contributed by atoms with E-state index in [1.165, 1.54) is 51.1 Å². The number of nitrogens with one attached hydrogen (secondary N) is 1. The van der Waals surface area contributed by atoms with Crippen LogP contribution in [0.25, 0.3) is 5.57 Å². The highest BCUT2D eigenvalue weighted by Crippen LogP contribution is 2.46. The Labute approximate surface area is 216 Å². The van der Waals surface area contributed by atoms with E-state index in [4.69, 9.17) is 0 Å². The summed E-state index contributed by atoms with van der Waals surface area (Å²) in [4.78, 5) is 53.5. The molecule has 3 heterocycles. The van der Waals surface area contributed by atoms with Crippen LogP contribution < -0.4 is 5.32 Å². The number of carbonyl (C=O) groups excluding carboxylic acids is 4. The van der Waals surface area contributed by atoms with Crippen LogP contribution in [-0.2, 0) is 9.59 Å². The minimum Gasteiger partial charge on any atom is -0.302 e. The number of piperidine rings is 1. The van der Waals surface area contributed by atoms with Crippen molar-refractivity contribution >= 4 is 29.2 Å². The van der Waals surface area contributed by atoms with E-state index in [0.717, 1.165) is 54.8 Å². The molecule has 0 radical (unpaired) electrons. The lowest BCUT2D eigenvalue weighted by Gasteiger charge is -2.34. The summed E-state index contributed by atoms with van der Waals surface area (Å²) in [5.74, 6) is -2.05. The maximum Gasteiger partial charge on any atom is 0.262 e. The van der Waals surface area contributed by atoms with Gasteiger partial charge in [0.05, 0.1) is 11.1 Å². The van der Waals surface area contributed by atoms with Gasteiger partial charge < -0.3 is 4.90 Å². The number of benzene rings is 1. The first-order valence-corrected chi connectivity index (χ1v) is 13.8. The summed E-state index contributed by atoms with van der Waals surface area (Å²) in [6, 6.07) is 1.58. The molecule has 2 unspecified atom stereocenters. The van der Waals surface area contributed by atoms with Crippen molar-refractivity contribution in [3.8, 4) is 0 Å². The molecular formula is C29H34FN3O4. The number of imide groups is 2. The lowest BCUT2D eigenvalue weighted by Crippen LogP contribution is -2.54. The molecule has 2 saturated heterocycles. The molecule has 6 rings (SSSR count). The zero-order valence-corrected chi connectivity index (χ0v) is 21.2. The van der Waals surface area contributed by atoms with E-state index in [0.29, 0.717) is 5.56 Å². The van der Waals surface area contributed by atoms with Crippen molar-refractivity contribution in [3.05, 3.63) is 40.7 Å². The number of amides is 4. The molecule has 8 heteroatoms. The van der Waals surface area contributed by atoms with Crippen molar-refractivity contribution in [2.45, 2.75) is 76.7 Å². The Morgan fingerprint density at radius 2 is 1.68 bits per heavy atom. The third-order valence-corrected chi connectivity index (χ3v) is 9.34. The van der Waals surface area contributed by atoms with Gasteiger partial charge in [0.1, 0.15) is 11.9 Å². The Morgan fingerprint density at radius 3 is 2.38 bits per heavy atom. The van der Waals surface area contributed by atoms with E-state index in [2.05, 4.69) is 16.3 Å². The predicted octanol–water partition coefficient (Wildman–Crippen LogP) is 4.07. The number of rotatable bonds is 4. The molecule has 7 nitrogen and oxygen atoms in total. The summed E-state index contributed by atoms with van der Waals surface area (Å²) >= 11 is 0. The van der Waals surface area contributed by atoms with Crippen molar-refractivity contribution in [1.29, 1.82) is 0 Å². The molecule has 2 atom stereocenters. The summed E-state index contributed by atoms with van der Waals surface area (Å²) in [5.41, 5.74) is 1.62. The Balaban J connectivity index is 1.17. The smallest absolute Gasteiger partial charge is 0.262 e. The number of allylic oxidation sites excluding steroid dienone is 2. The Morgan fingerprint density at radius 1 is 0.919 bits per heavy atom. The second-order valence-electron chi connectivity index (χ2n) is 11.7. The van der Waals surface area contributed by atoms with E-state index in [-0.39, 0.29) is 29.4 Å². The third kappa shape index (κ3) is 4.43. The van der Waals surface area contributed by atoms with Gasteiger partial charge in [-0.1, -0.05) is 25.3 Å². The van der Waals surface area contributed by atoms with E-state index < -0.39 is 35.5 Å². The highest BCUT2D eigenvalue weighted by Gasteiger charge is 2.45. The fourth-order valence-electron chi connectivity index (χ4n) is 7.21. The van der Waals surface area contributed by atoms with Crippen LogP contribution in [-0.4, -0.2) is 59.1 Å². The Hall–Kier alpha value is -2.87. The van der Waals surface area contributed by atoms with Crippen molar-refractivity contribution in [2.24, 2.45) is 11.3 Å². The number of halogens is 1. The van der Waals surface area contributed by atoms with Gasteiger partial charge in [-0.25, -0.2) is 4.39 Å². The van der Waals surface area contributed by atoms with Gasteiger partial charge in [0.15, 0.2) is 0 Å². The number of fused-ring (bicyclic) bond motifs is 1. The number of hydrogen-bond acceptors (Lipinski definition) is 5. The third-order valence-electron chi connectivity index (χ3n) is 9.34. The minimum absolute atomic E-state index is 0.0158. The normalized spacial score (nSPS) is 29.2. The van der Waals surface area contributed by atoms with E-state index in [1.54, 1.807) is 0 Å². The molecule has 3 fully saturated rings. The molecule has 1 spiro atoms. The van der Waals surface area contributed by atoms with Gasteiger partial charge >= 0.3 is 0 Å². The lowest BCUT2D eigenvalue weighted by molar-refractivity contribution is -0.136. The second-order valence-corrected chi connectivity index (χ2v) is 11.7. The summed E-state index contributed by atoms with van der Waals surface area (Å²) < 4.78 is 15.3. The van der Waals surface area contributed by atoms with Crippen LogP contribution >= 0.6 is 0 Å². The Bertz CT molecular complexity index is 1200. The first-order valence-electron chi connectivity index (χ1n) is 13.8. The molecule has 1 N–H and O–H groups in total. The van der Waals surface area contributed by atoms with Crippen LogP contribution in [0.15, 0.2) is 18.2 Å². The van der Waals surface area contributed by atoms with Crippen molar-refractivity contribution in [1.82, 2.24) is 15.1 Å². The predicted molar refractivity (Wildman–Crippen MR) is 135 cm³/mol. The second kappa shape index (κ2) is 9.46. The van der Waals surface area contributed by atoms with Crippen molar-refractivity contribution in [3.63, 3.8) is 0 Å². The molecule has 4 amide bonds. The van der Waals surface area contributed by atoms with Gasteiger partial charge in [-0.3, -0.25) is 29.4 Å². The quantitative estimate of drug-likeness (QED) is 0.621. The molecule has 5 aliphatic rings. The van der Waals surface area contributed by atoms with E-state index in [9.17, 15) is 19.2 Å². The van der Waals surface area contributed by atoms with Gasteiger partial charge in [0.25, 0.3) is 11.8 Å². The van der Waals surface area contributed by atoms with Crippen LogP contribution in [0.4, 0.5) is 4.39 Å². The summed E-state index contributed by atoms with van der Waals surface area (Å²) in [5, 5.41) is 2.19. The van der Waals surface area contributed by atoms with Gasteiger partial charge in [-0.2, -0.15) is 0 Å². The molecule has 0 bridgehead atoms. The first kappa shape index (κ1) is 24.5. The summed E-state index contributed by atoms with van der Waals surface area (Å²) in [7, 11) is 0. The van der Waals surface area contributed by atoms with Gasteiger partial charge in [-0.15, -0.1) is 0 Å². The average molecular weight is 508 g/mol. The summed E-state index contributed by atoms with van der Waals surface area (Å²) in [6.45, 7) is 3.45. The number of likely N-dealkylation sites (tertiary alicyclic amines) is 1. The van der Waals surface area contributed by atoms with E-state index in [1.807, 2.05) is 0 Å². The highest BCUT2D eigenvalue weighted by molar-refractivity contribution is 6.23. The standard InChI is InChI=1S/C29H34FN3O4/c30-23-15-22-21(27(36)33(28(22)37)24-6-7-25(34)31-26(24)35)14-20(23)19-8-10-29(11-9-19)12-13-32(17-29)16-18-4-2-1-3-5-18/h8,14-15,18,24H,1-7,9-13,16-17H2,(H,31,34,35). The minimum atomic E-state index is -1.05. The number of carbonyl (C=O) groups is 4. The first-order chi connectivity index (χ1) is 17.8. The molecule has 0 aromatic heterocycles. The highest BCUT2D eigenvalue weighted by atomic mass is 19.1. The van der Waals surface area contributed by atoms with Crippen molar-refractivity contribution < 1.29 is 23.6 Å². The Kier molecular flexibility index (Phi) is 6.25. The van der Waals surface area contributed by atoms with Gasteiger partial charge in [-0.05, 0) is 80.5 Å².